The molecule has 1 amide bonds. The molecule has 2 rings (SSSR count). The number of thioether (sulfide) groups is 1. The lowest BCUT2D eigenvalue weighted by Gasteiger charge is -2.17. The van der Waals surface area contributed by atoms with E-state index in [-0.39, 0.29) is 17.4 Å². The number of aliphatic carboxylic acids is 1. The molecule has 18 heavy (non-hydrogen) atoms. The number of halogens is 1. The van der Waals surface area contributed by atoms with Crippen LogP contribution in [-0.2, 0) is 16.0 Å². The van der Waals surface area contributed by atoms with Crippen LogP contribution in [0.1, 0.15) is 5.56 Å². The van der Waals surface area contributed by atoms with Crippen molar-refractivity contribution in [1.29, 1.82) is 0 Å². The van der Waals surface area contributed by atoms with Crippen molar-refractivity contribution in [1.82, 2.24) is 0 Å². The first kappa shape index (κ1) is 13.4. The van der Waals surface area contributed by atoms with Crippen LogP contribution in [0.25, 0.3) is 0 Å². The van der Waals surface area contributed by atoms with Gasteiger partial charge in [-0.15, -0.1) is 11.8 Å². The fraction of sp³-hybridized carbons (Fsp3) is 0.333. The average molecular weight is 330 g/mol. The van der Waals surface area contributed by atoms with Gasteiger partial charge in [-0.1, -0.05) is 22.0 Å². The molecule has 0 spiro atoms. The van der Waals surface area contributed by atoms with Crippen molar-refractivity contribution in [3.05, 3.63) is 28.2 Å². The van der Waals surface area contributed by atoms with Gasteiger partial charge in [-0.05, 0) is 24.1 Å². The largest absolute Gasteiger partial charge is 0.481 e. The van der Waals surface area contributed by atoms with Gasteiger partial charge < -0.3 is 10.0 Å². The number of hydrogen-bond donors (Lipinski definition) is 1. The number of carboxylic acid groups (broad SMARTS) is 1. The molecule has 0 bridgehead atoms. The summed E-state index contributed by atoms with van der Waals surface area (Å²) in [6.45, 7) is 0.679. The van der Waals surface area contributed by atoms with Gasteiger partial charge in [0.25, 0.3) is 0 Å². The zero-order valence-electron chi connectivity index (χ0n) is 9.56. The van der Waals surface area contributed by atoms with E-state index in [1.807, 2.05) is 18.2 Å². The number of rotatable bonds is 4. The minimum atomic E-state index is -0.891. The molecule has 0 aromatic heterocycles. The number of anilines is 1. The van der Waals surface area contributed by atoms with Gasteiger partial charge in [0.15, 0.2) is 0 Å². The lowest BCUT2D eigenvalue weighted by molar-refractivity contribution is -0.133. The predicted octanol–water partition coefficient (Wildman–Crippen LogP) is 2.16. The minimum Gasteiger partial charge on any atom is -0.481 e. The highest BCUT2D eigenvalue weighted by molar-refractivity contribution is 9.10. The fourth-order valence-corrected chi connectivity index (χ4v) is 2.87. The molecule has 1 aliphatic rings. The van der Waals surface area contributed by atoms with Gasteiger partial charge in [0, 0.05) is 16.7 Å². The zero-order valence-corrected chi connectivity index (χ0v) is 12.0. The highest BCUT2D eigenvalue weighted by Gasteiger charge is 2.24. The van der Waals surface area contributed by atoms with Gasteiger partial charge in [0.05, 0.1) is 11.5 Å². The Bertz CT molecular complexity index is 492. The third kappa shape index (κ3) is 3.05. The van der Waals surface area contributed by atoms with E-state index in [4.69, 9.17) is 5.11 Å². The molecule has 0 unspecified atom stereocenters. The number of carboxylic acids is 1. The quantitative estimate of drug-likeness (QED) is 0.919. The highest BCUT2D eigenvalue weighted by atomic mass is 79.9. The van der Waals surface area contributed by atoms with Crippen LogP contribution in [0.2, 0.25) is 0 Å². The maximum atomic E-state index is 12.0. The first-order valence-corrected chi connectivity index (χ1v) is 7.41. The highest BCUT2D eigenvalue weighted by Crippen LogP contribution is 2.31. The van der Waals surface area contributed by atoms with Crippen LogP contribution >= 0.6 is 27.7 Å². The number of nitrogens with zero attached hydrogens (tertiary/aromatic N) is 1. The Morgan fingerprint density at radius 2 is 2.17 bits per heavy atom. The molecule has 1 aliphatic heterocycles. The van der Waals surface area contributed by atoms with Crippen LogP contribution in [0, 0.1) is 0 Å². The molecular formula is C12H12BrNO3S. The Kier molecular flexibility index (Phi) is 4.29. The van der Waals surface area contributed by atoms with E-state index in [1.165, 1.54) is 0 Å². The lowest BCUT2D eigenvalue weighted by Crippen LogP contribution is -2.30. The predicted molar refractivity (Wildman–Crippen MR) is 75.2 cm³/mol. The summed E-state index contributed by atoms with van der Waals surface area (Å²) in [6, 6.07) is 5.91. The normalized spacial score (nSPS) is 13.5. The molecule has 0 radical (unpaired) electrons. The van der Waals surface area contributed by atoms with Crippen LogP contribution in [0.5, 0.6) is 0 Å². The van der Waals surface area contributed by atoms with Crippen molar-refractivity contribution in [2.45, 2.75) is 6.42 Å². The molecule has 1 aromatic carbocycles. The van der Waals surface area contributed by atoms with Crippen molar-refractivity contribution in [2.24, 2.45) is 0 Å². The molecule has 0 saturated carbocycles. The second-order valence-electron chi connectivity index (χ2n) is 3.95. The van der Waals surface area contributed by atoms with Crippen molar-refractivity contribution >= 4 is 45.3 Å². The first-order chi connectivity index (χ1) is 8.58. The molecule has 96 valence electrons. The summed E-state index contributed by atoms with van der Waals surface area (Å²) in [7, 11) is 0. The lowest BCUT2D eigenvalue weighted by atomic mass is 10.2. The Morgan fingerprint density at radius 3 is 2.89 bits per heavy atom. The maximum Gasteiger partial charge on any atom is 0.313 e. The Balaban J connectivity index is 2.02. The fourth-order valence-electron chi connectivity index (χ4n) is 1.91. The third-order valence-electron chi connectivity index (χ3n) is 2.70. The molecular weight excluding hydrogens is 318 g/mol. The smallest absolute Gasteiger partial charge is 0.313 e. The van der Waals surface area contributed by atoms with E-state index in [0.717, 1.165) is 33.9 Å². The van der Waals surface area contributed by atoms with Crippen molar-refractivity contribution in [3.8, 4) is 0 Å². The molecule has 4 nitrogen and oxygen atoms in total. The summed E-state index contributed by atoms with van der Waals surface area (Å²) < 4.78 is 0.944. The number of carbonyl (C=O) groups excluding carboxylic acids is 1. The van der Waals surface area contributed by atoms with Crippen molar-refractivity contribution < 1.29 is 14.7 Å². The Hall–Kier alpha value is -1.01. The van der Waals surface area contributed by atoms with Crippen molar-refractivity contribution in [3.63, 3.8) is 0 Å². The van der Waals surface area contributed by atoms with E-state index in [0.29, 0.717) is 6.54 Å². The number of amides is 1. The van der Waals surface area contributed by atoms with Crippen LogP contribution in [0.15, 0.2) is 22.7 Å². The van der Waals surface area contributed by atoms with E-state index in [1.54, 1.807) is 4.90 Å². The molecule has 0 atom stereocenters. The van der Waals surface area contributed by atoms with Crippen molar-refractivity contribution in [2.75, 3.05) is 23.0 Å². The standard InChI is InChI=1S/C12H12BrNO3S/c13-9-2-1-8-3-4-14(10(8)5-9)11(15)6-18-7-12(16)17/h1-2,5H,3-4,6-7H2,(H,16,17). The van der Waals surface area contributed by atoms with Crippen LogP contribution in [0.4, 0.5) is 5.69 Å². The molecule has 0 fully saturated rings. The van der Waals surface area contributed by atoms with Crippen LogP contribution < -0.4 is 4.90 Å². The van der Waals surface area contributed by atoms with Crippen LogP contribution in [-0.4, -0.2) is 35.0 Å². The van der Waals surface area contributed by atoms with E-state index >= 15 is 0 Å². The Morgan fingerprint density at radius 1 is 1.39 bits per heavy atom. The zero-order chi connectivity index (χ0) is 13.1. The first-order valence-electron chi connectivity index (χ1n) is 5.46. The summed E-state index contributed by atoms with van der Waals surface area (Å²) in [5.74, 6) is -0.751. The van der Waals surface area contributed by atoms with Crippen LogP contribution in [0.3, 0.4) is 0 Å². The summed E-state index contributed by atoms with van der Waals surface area (Å²) in [5.41, 5.74) is 2.10. The molecule has 1 N–H and O–H groups in total. The summed E-state index contributed by atoms with van der Waals surface area (Å²) in [5, 5.41) is 8.53. The molecule has 1 heterocycles. The maximum absolute atomic E-state index is 12.0. The second-order valence-corrected chi connectivity index (χ2v) is 5.86. The topological polar surface area (TPSA) is 57.6 Å². The second kappa shape index (κ2) is 5.75. The van der Waals surface area contributed by atoms with Gasteiger partial charge in [-0.3, -0.25) is 9.59 Å². The number of benzene rings is 1. The molecule has 6 heteroatoms. The SMILES string of the molecule is O=C(O)CSCC(=O)N1CCc2ccc(Br)cc21. The van der Waals surface area contributed by atoms with E-state index < -0.39 is 5.97 Å². The molecule has 0 saturated heterocycles. The summed E-state index contributed by atoms with van der Waals surface area (Å²) >= 11 is 4.53. The minimum absolute atomic E-state index is 0.0295. The average Bonchev–Trinajstić information content (AvgIpc) is 2.71. The van der Waals surface area contributed by atoms with E-state index in [9.17, 15) is 9.59 Å². The third-order valence-corrected chi connectivity index (χ3v) is 4.09. The summed E-state index contributed by atoms with van der Waals surface area (Å²) in [4.78, 5) is 24.1. The van der Waals surface area contributed by atoms with E-state index in [2.05, 4.69) is 15.9 Å². The number of fused-ring (bicyclic) bond motifs is 1. The molecule has 0 aliphatic carbocycles. The van der Waals surface area contributed by atoms with Gasteiger partial charge in [0.2, 0.25) is 5.91 Å². The monoisotopic (exact) mass is 329 g/mol. The molecule has 1 aromatic rings. The number of carbonyl (C=O) groups is 2. The van der Waals surface area contributed by atoms with Gasteiger partial charge >= 0.3 is 5.97 Å². The van der Waals surface area contributed by atoms with Gasteiger partial charge in [-0.25, -0.2) is 0 Å². The Labute approximate surface area is 117 Å². The summed E-state index contributed by atoms with van der Waals surface area (Å²) in [6.07, 6.45) is 0.859. The van der Waals surface area contributed by atoms with Gasteiger partial charge in [0.1, 0.15) is 0 Å². The van der Waals surface area contributed by atoms with Gasteiger partial charge in [-0.2, -0.15) is 0 Å². The number of hydrogen-bond acceptors (Lipinski definition) is 3.